The predicted molar refractivity (Wildman–Crippen MR) is 77.7 cm³/mol. The van der Waals surface area contributed by atoms with E-state index in [9.17, 15) is 15.0 Å². The minimum Gasteiger partial charge on any atom is -0.508 e. The summed E-state index contributed by atoms with van der Waals surface area (Å²) >= 11 is 1.32. The highest BCUT2D eigenvalue weighted by atomic mass is 32.2. The van der Waals surface area contributed by atoms with E-state index in [2.05, 4.69) is 4.99 Å². The molecule has 3 N–H and O–H groups in total. The van der Waals surface area contributed by atoms with E-state index >= 15 is 0 Å². The third-order valence-corrected chi connectivity index (χ3v) is 4.22. The third kappa shape index (κ3) is 2.08. The third-order valence-electron chi connectivity index (χ3n) is 3.14. The maximum Gasteiger partial charge on any atom is 0.329 e. The first-order valence-electron chi connectivity index (χ1n) is 5.95. The minimum atomic E-state index is -0.960. The monoisotopic (exact) mass is 289 g/mol. The molecular weight excluding hydrogens is 278 g/mol. The second kappa shape index (κ2) is 4.72. The van der Waals surface area contributed by atoms with Gasteiger partial charge in [-0.25, -0.2) is 4.79 Å². The van der Waals surface area contributed by atoms with E-state index in [1.807, 2.05) is 0 Å². The Morgan fingerprint density at radius 2 is 2.05 bits per heavy atom. The first-order chi connectivity index (χ1) is 9.56. The van der Waals surface area contributed by atoms with Crippen molar-refractivity contribution in [2.75, 3.05) is 5.75 Å². The molecule has 0 radical (unpaired) electrons. The number of carboxylic acids is 1. The Labute approximate surface area is 118 Å². The average molecular weight is 289 g/mol. The van der Waals surface area contributed by atoms with Gasteiger partial charge in [0.25, 0.3) is 0 Å². The van der Waals surface area contributed by atoms with Crippen LogP contribution in [0.15, 0.2) is 35.3 Å². The summed E-state index contributed by atoms with van der Waals surface area (Å²) in [6, 6.07) is 7.37. The molecule has 0 saturated heterocycles. The zero-order chi connectivity index (χ0) is 14.3. The number of thioether (sulfide) groups is 1. The van der Waals surface area contributed by atoms with Crippen LogP contribution in [0.3, 0.4) is 0 Å². The zero-order valence-electron chi connectivity index (χ0n) is 10.3. The Kier molecular flexibility index (Phi) is 3.02. The van der Waals surface area contributed by atoms with Gasteiger partial charge in [-0.2, -0.15) is 0 Å². The van der Waals surface area contributed by atoms with Crippen LogP contribution in [0.2, 0.25) is 0 Å². The predicted octanol–water partition coefficient (Wildman–Crippen LogP) is 2.20. The first-order valence-corrected chi connectivity index (χ1v) is 6.93. The molecule has 1 atom stereocenters. The van der Waals surface area contributed by atoms with Crippen LogP contribution in [-0.4, -0.2) is 38.1 Å². The highest BCUT2D eigenvalue weighted by molar-refractivity contribution is 8.14. The smallest absolute Gasteiger partial charge is 0.329 e. The van der Waals surface area contributed by atoms with Crippen molar-refractivity contribution in [1.82, 2.24) is 0 Å². The number of hydrogen-bond acceptors (Lipinski definition) is 5. The molecule has 1 aliphatic heterocycles. The summed E-state index contributed by atoms with van der Waals surface area (Å²) in [5.74, 6) is -0.404. The molecule has 6 heteroatoms. The van der Waals surface area contributed by atoms with Crippen LogP contribution in [0, 0.1) is 0 Å². The topological polar surface area (TPSA) is 90.1 Å². The quantitative estimate of drug-likeness (QED) is 0.788. The summed E-state index contributed by atoms with van der Waals surface area (Å²) in [7, 11) is 0. The molecule has 1 unspecified atom stereocenters. The number of aliphatic imine (C=N–C) groups is 1. The van der Waals surface area contributed by atoms with Gasteiger partial charge in [-0.15, -0.1) is 11.8 Å². The summed E-state index contributed by atoms with van der Waals surface area (Å²) in [4.78, 5) is 15.0. The normalized spacial score (nSPS) is 18.2. The van der Waals surface area contributed by atoms with Crippen LogP contribution in [0.4, 0.5) is 0 Å². The van der Waals surface area contributed by atoms with E-state index in [0.29, 0.717) is 27.1 Å². The van der Waals surface area contributed by atoms with Gasteiger partial charge >= 0.3 is 5.97 Å². The van der Waals surface area contributed by atoms with Crippen molar-refractivity contribution in [3.8, 4) is 11.5 Å². The van der Waals surface area contributed by atoms with E-state index < -0.39 is 12.0 Å². The van der Waals surface area contributed by atoms with Crippen LogP contribution in [0.25, 0.3) is 10.8 Å². The molecule has 2 aromatic rings. The van der Waals surface area contributed by atoms with Crippen molar-refractivity contribution in [3.05, 3.63) is 35.9 Å². The second-order valence-electron chi connectivity index (χ2n) is 4.47. The number of nitrogens with zero attached hydrogens (tertiary/aromatic N) is 1. The Balaban J connectivity index is 2.10. The van der Waals surface area contributed by atoms with Crippen molar-refractivity contribution in [2.24, 2.45) is 4.99 Å². The van der Waals surface area contributed by atoms with E-state index in [4.69, 9.17) is 5.11 Å². The molecule has 0 fully saturated rings. The van der Waals surface area contributed by atoms with Gasteiger partial charge < -0.3 is 15.3 Å². The summed E-state index contributed by atoms with van der Waals surface area (Å²) in [6.07, 6.45) is 0. The second-order valence-corrected chi connectivity index (χ2v) is 5.48. The lowest BCUT2D eigenvalue weighted by Gasteiger charge is -2.07. The van der Waals surface area contributed by atoms with Crippen LogP contribution in [0.1, 0.15) is 5.56 Å². The zero-order valence-corrected chi connectivity index (χ0v) is 11.1. The van der Waals surface area contributed by atoms with Gasteiger partial charge in [0.2, 0.25) is 0 Å². The molecule has 102 valence electrons. The van der Waals surface area contributed by atoms with E-state index in [1.165, 1.54) is 17.8 Å². The van der Waals surface area contributed by atoms with Gasteiger partial charge in [0.15, 0.2) is 6.04 Å². The summed E-state index contributed by atoms with van der Waals surface area (Å²) in [6.45, 7) is 0. The maximum absolute atomic E-state index is 10.9. The number of benzene rings is 2. The number of carbonyl (C=O) groups is 1. The average Bonchev–Trinajstić information content (AvgIpc) is 2.88. The molecule has 1 aliphatic rings. The molecule has 0 aromatic heterocycles. The number of aromatic hydroxyl groups is 2. The number of aliphatic carboxylic acids is 1. The number of rotatable bonds is 2. The molecule has 2 aromatic carbocycles. The molecule has 0 saturated carbocycles. The van der Waals surface area contributed by atoms with Crippen LogP contribution in [-0.2, 0) is 4.79 Å². The van der Waals surface area contributed by atoms with Crippen molar-refractivity contribution < 1.29 is 20.1 Å². The van der Waals surface area contributed by atoms with Crippen LogP contribution < -0.4 is 0 Å². The fourth-order valence-corrected chi connectivity index (χ4v) is 3.18. The Hall–Kier alpha value is -2.21. The largest absolute Gasteiger partial charge is 0.508 e. The van der Waals surface area contributed by atoms with Gasteiger partial charge in [-0.1, -0.05) is 6.07 Å². The van der Waals surface area contributed by atoms with Crippen molar-refractivity contribution >= 4 is 33.5 Å². The SMILES string of the molecule is O=C(O)C1CSC(c2ccc3cc(O)ccc3c2O)=N1. The van der Waals surface area contributed by atoms with E-state index in [0.717, 1.165) is 0 Å². The van der Waals surface area contributed by atoms with Crippen molar-refractivity contribution in [3.63, 3.8) is 0 Å². The fraction of sp³-hybridized carbons (Fsp3) is 0.143. The van der Waals surface area contributed by atoms with Crippen molar-refractivity contribution in [2.45, 2.75) is 6.04 Å². The highest BCUT2D eigenvalue weighted by Gasteiger charge is 2.26. The van der Waals surface area contributed by atoms with Gasteiger partial charge in [0, 0.05) is 16.7 Å². The molecule has 5 nitrogen and oxygen atoms in total. The lowest BCUT2D eigenvalue weighted by atomic mass is 10.1. The van der Waals surface area contributed by atoms with Crippen LogP contribution in [0.5, 0.6) is 11.5 Å². The summed E-state index contributed by atoms with van der Waals surface area (Å²) in [5.41, 5.74) is 0.525. The first kappa shape index (κ1) is 12.8. The molecule has 0 bridgehead atoms. The van der Waals surface area contributed by atoms with E-state index in [1.54, 1.807) is 24.3 Å². The molecule has 0 spiro atoms. The van der Waals surface area contributed by atoms with Gasteiger partial charge in [0.05, 0.1) is 0 Å². The van der Waals surface area contributed by atoms with Gasteiger partial charge in [-0.05, 0) is 29.7 Å². The number of carboxylic acid groups (broad SMARTS) is 1. The van der Waals surface area contributed by atoms with Gasteiger partial charge in [-0.3, -0.25) is 4.99 Å². The molecule has 1 heterocycles. The molecule has 3 rings (SSSR count). The standard InChI is InChI=1S/C14H11NO4S/c16-8-2-4-9-7(5-8)1-3-10(12(9)17)13-15-11(6-20-13)14(18)19/h1-5,11,16-17H,6H2,(H,18,19). The fourth-order valence-electron chi connectivity index (χ4n) is 2.12. The highest BCUT2D eigenvalue weighted by Crippen LogP contribution is 2.35. The Morgan fingerprint density at radius 1 is 1.25 bits per heavy atom. The molecule has 20 heavy (non-hydrogen) atoms. The van der Waals surface area contributed by atoms with Crippen molar-refractivity contribution in [1.29, 1.82) is 0 Å². The summed E-state index contributed by atoms with van der Waals surface area (Å²) < 4.78 is 0. The molecule has 0 aliphatic carbocycles. The Bertz CT molecular complexity index is 741. The van der Waals surface area contributed by atoms with Crippen LogP contribution >= 0.6 is 11.8 Å². The van der Waals surface area contributed by atoms with Gasteiger partial charge in [0.1, 0.15) is 16.5 Å². The summed E-state index contributed by atoms with van der Waals surface area (Å²) in [5, 5.41) is 30.5. The van der Waals surface area contributed by atoms with E-state index in [-0.39, 0.29) is 11.5 Å². The Morgan fingerprint density at radius 3 is 2.75 bits per heavy atom. The lowest BCUT2D eigenvalue weighted by molar-refractivity contribution is -0.137. The maximum atomic E-state index is 10.9. The number of fused-ring (bicyclic) bond motifs is 1. The molecule has 0 amide bonds. The lowest BCUT2D eigenvalue weighted by Crippen LogP contribution is -2.17. The number of phenols is 2. The number of hydrogen-bond donors (Lipinski definition) is 3. The number of phenolic OH excluding ortho intramolecular Hbond substituents is 2. The molecular formula is C14H11NO4S. The minimum absolute atomic E-state index is 0.0554.